The average Bonchev–Trinajstić information content (AvgIpc) is 3.00. The van der Waals surface area contributed by atoms with Gasteiger partial charge < -0.3 is 15.0 Å². The Morgan fingerprint density at radius 1 is 1.35 bits per heavy atom. The summed E-state index contributed by atoms with van der Waals surface area (Å²) in [6.07, 6.45) is 3.87. The van der Waals surface area contributed by atoms with Crippen LogP contribution in [0.1, 0.15) is 30.4 Å². The number of ether oxygens (including phenoxy) is 1. The van der Waals surface area contributed by atoms with Gasteiger partial charge in [0.05, 0.1) is 18.7 Å². The Kier molecular flexibility index (Phi) is 5.85. The highest BCUT2D eigenvalue weighted by Gasteiger charge is 2.10. The highest BCUT2D eigenvalue weighted by Crippen LogP contribution is 2.19. The van der Waals surface area contributed by atoms with Crippen LogP contribution < -0.4 is 10.1 Å². The molecule has 4 heteroatoms. The minimum absolute atomic E-state index is 0.680. The molecule has 0 spiro atoms. The van der Waals surface area contributed by atoms with Crippen LogP contribution in [0.5, 0.6) is 5.75 Å². The second-order valence-corrected chi connectivity index (χ2v) is 5.22. The molecule has 0 bridgehead atoms. The van der Waals surface area contributed by atoms with Crippen LogP contribution in [0.25, 0.3) is 0 Å². The zero-order valence-corrected chi connectivity index (χ0v) is 12.2. The molecule has 0 radical (unpaired) electrons. The first kappa shape index (κ1) is 14.8. The minimum Gasteiger partial charge on any atom is -0.496 e. The van der Waals surface area contributed by atoms with Crippen molar-refractivity contribution in [3.63, 3.8) is 0 Å². The number of nitrogens with one attached hydrogen (secondary N) is 1. The van der Waals surface area contributed by atoms with Crippen LogP contribution in [-0.2, 0) is 6.54 Å². The van der Waals surface area contributed by atoms with Gasteiger partial charge in [-0.15, -0.1) is 0 Å². The van der Waals surface area contributed by atoms with E-state index in [-0.39, 0.29) is 0 Å². The van der Waals surface area contributed by atoms with Gasteiger partial charge in [0, 0.05) is 12.1 Å². The van der Waals surface area contributed by atoms with Crippen molar-refractivity contribution in [2.45, 2.75) is 25.8 Å². The molecule has 20 heavy (non-hydrogen) atoms. The van der Waals surface area contributed by atoms with E-state index in [1.807, 2.05) is 12.1 Å². The molecule has 0 atom stereocenters. The zero-order chi connectivity index (χ0) is 14.2. The molecule has 108 valence electrons. The maximum absolute atomic E-state index is 8.94. The predicted octanol–water partition coefficient (Wildman–Crippen LogP) is 2.14. The van der Waals surface area contributed by atoms with E-state index < -0.39 is 0 Å². The summed E-state index contributed by atoms with van der Waals surface area (Å²) in [4.78, 5) is 2.53. The molecule has 1 heterocycles. The third-order valence-corrected chi connectivity index (χ3v) is 3.75. The lowest BCUT2D eigenvalue weighted by atomic mass is 10.1. The molecule has 1 aliphatic rings. The van der Waals surface area contributed by atoms with E-state index in [9.17, 15) is 0 Å². The van der Waals surface area contributed by atoms with E-state index >= 15 is 0 Å². The van der Waals surface area contributed by atoms with E-state index in [1.54, 1.807) is 13.2 Å². The third-order valence-electron chi connectivity index (χ3n) is 3.75. The fourth-order valence-electron chi connectivity index (χ4n) is 2.64. The number of nitriles is 1. The molecule has 0 saturated carbocycles. The van der Waals surface area contributed by atoms with Gasteiger partial charge in [0.2, 0.25) is 0 Å². The lowest BCUT2D eigenvalue weighted by Crippen LogP contribution is -2.24. The van der Waals surface area contributed by atoms with E-state index in [0.717, 1.165) is 24.4 Å². The van der Waals surface area contributed by atoms with Gasteiger partial charge in [-0.25, -0.2) is 0 Å². The van der Waals surface area contributed by atoms with E-state index in [4.69, 9.17) is 10.00 Å². The second-order valence-electron chi connectivity index (χ2n) is 5.22. The SMILES string of the molecule is COc1ccc(C#N)cc1CNCCCN1CCCC1. The van der Waals surface area contributed by atoms with E-state index in [0.29, 0.717) is 5.56 Å². The zero-order valence-electron chi connectivity index (χ0n) is 12.2. The number of hydrogen-bond acceptors (Lipinski definition) is 4. The molecule has 0 aromatic heterocycles. The molecule has 0 amide bonds. The van der Waals surface area contributed by atoms with Crippen LogP contribution in [0.2, 0.25) is 0 Å². The Bertz CT molecular complexity index is 461. The standard InChI is InChI=1S/C16H23N3O/c1-20-16-6-5-14(12-17)11-15(16)13-18-7-4-10-19-8-2-3-9-19/h5-6,11,18H,2-4,7-10,13H2,1H3. The van der Waals surface area contributed by atoms with Crippen LogP contribution >= 0.6 is 0 Å². The number of benzene rings is 1. The molecule has 1 aliphatic heterocycles. The van der Waals surface area contributed by atoms with Crippen LogP contribution in [0.15, 0.2) is 18.2 Å². The molecule has 1 aromatic rings. The molecular formula is C16H23N3O. The number of hydrogen-bond donors (Lipinski definition) is 1. The number of nitrogens with zero attached hydrogens (tertiary/aromatic N) is 2. The summed E-state index contributed by atoms with van der Waals surface area (Å²) in [6, 6.07) is 7.71. The highest BCUT2D eigenvalue weighted by molar-refractivity contribution is 5.41. The van der Waals surface area contributed by atoms with Crippen molar-refractivity contribution in [1.82, 2.24) is 10.2 Å². The fraction of sp³-hybridized carbons (Fsp3) is 0.562. The molecule has 0 aliphatic carbocycles. The van der Waals surface area contributed by atoms with Crippen molar-refractivity contribution in [3.8, 4) is 11.8 Å². The van der Waals surface area contributed by atoms with Gasteiger partial charge in [-0.05, 0) is 63.6 Å². The van der Waals surface area contributed by atoms with Gasteiger partial charge in [0.15, 0.2) is 0 Å². The van der Waals surface area contributed by atoms with Gasteiger partial charge in [0.25, 0.3) is 0 Å². The van der Waals surface area contributed by atoms with Crippen LogP contribution in [0, 0.1) is 11.3 Å². The van der Waals surface area contributed by atoms with Crippen molar-refractivity contribution >= 4 is 0 Å². The monoisotopic (exact) mass is 273 g/mol. The smallest absolute Gasteiger partial charge is 0.123 e. The van der Waals surface area contributed by atoms with Crippen LogP contribution in [0.3, 0.4) is 0 Å². The van der Waals surface area contributed by atoms with Crippen molar-refractivity contribution in [1.29, 1.82) is 5.26 Å². The van der Waals surface area contributed by atoms with Gasteiger partial charge in [-0.1, -0.05) is 0 Å². The van der Waals surface area contributed by atoms with E-state index in [1.165, 1.54) is 38.9 Å². The first-order valence-electron chi connectivity index (χ1n) is 7.33. The molecule has 1 N–H and O–H groups in total. The van der Waals surface area contributed by atoms with E-state index in [2.05, 4.69) is 16.3 Å². The summed E-state index contributed by atoms with van der Waals surface area (Å²) < 4.78 is 5.33. The topological polar surface area (TPSA) is 48.3 Å². The Balaban J connectivity index is 1.74. The molecule has 2 rings (SSSR count). The predicted molar refractivity (Wildman–Crippen MR) is 79.7 cm³/mol. The quantitative estimate of drug-likeness (QED) is 0.773. The Morgan fingerprint density at radius 2 is 2.15 bits per heavy atom. The Morgan fingerprint density at radius 3 is 2.85 bits per heavy atom. The first-order valence-corrected chi connectivity index (χ1v) is 7.33. The Hall–Kier alpha value is -1.57. The molecule has 1 saturated heterocycles. The lowest BCUT2D eigenvalue weighted by molar-refractivity contribution is 0.330. The molecule has 1 fully saturated rings. The largest absolute Gasteiger partial charge is 0.496 e. The maximum atomic E-state index is 8.94. The summed E-state index contributed by atoms with van der Waals surface area (Å²) in [5.41, 5.74) is 1.73. The van der Waals surface area contributed by atoms with Crippen molar-refractivity contribution in [2.75, 3.05) is 33.3 Å². The average molecular weight is 273 g/mol. The summed E-state index contributed by atoms with van der Waals surface area (Å²) in [6.45, 7) is 5.45. The number of likely N-dealkylation sites (tertiary alicyclic amines) is 1. The van der Waals surface area contributed by atoms with Crippen LogP contribution in [0.4, 0.5) is 0 Å². The summed E-state index contributed by atoms with van der Waals surface area (Å²) >= 11 is 0. The maximum Gasteiger partial charge on any atom is 0.123 e. The second kappa shape index (κ2) is 7.88. The van der Waals surface area contributed by atoms with Gasteiger partial charge in [0.1, 0.15) is 5.75 Å². The van der Waals surface area contributed by atoms with Crippen LogP contribution in [-0.4, -0.2) is 38.2 Å². The van der Waals surface area contributed by atoms with Crippen molar-refractivity contribution < 1.29 is 4.74 Å². The number of methoxy groups -OCH3 is 1. The van der Waals surface area contributed by atoms with Crippen molar-refractivity contribution in [2.24, 2.45) is 0 Å². The summed E-state index contributed by atoms with van der Waals surface area (Å²) in [7, 11) is 1.66. The van der Waals surface area contributed by atoms with Gasteiger partial charge in [-0.2, -0.15) is 5.26 Å². The first-order chi connectivity index (χ1) is 9.83. The molecular weight excluding hydrogens is 250 g/mol. The van der Waals surface area contributed by atoms with Gasteiger partial charge >= 0.3 is 0 Å². The summed E-state index contributed by atoms with van der Waals surface area (Å²) in [5.74, 6) is 0.844. The normalized spacial score (nSPS) is 15.2. The fourth-order valence-corrected chi connectivity index (χ4v) is 2.64. The number of rotatable bonds is 7. The molecule has 4 nitrogen and oxygen atoms in total. The highest BCUT2D eigenvalue weighted by atomic mass is 16.5. The van der Waals surface area contributed by atoms with Crippen molar-refractivity contribution in [3.05, 3.63) is 29.3 Å². The molecule has 1 aromatic carbocycles. The van der Waals surface area contributed by atoms with Gasteiger partial charge in [-0.3, -0.25) is 0 Å². The third kappa shape index (κ3) is 4.22. The lowest BCUT2D eigenvalue weighted by Gasteiger charge is -2.14. The Labute approximate surface area is 121 Å². The summed E-state index contributed by atoms with van der Waals surface area (Å²) in [5, 5.41) is 12.4. The minimum atomic E-state index is 0.680. The molecule has 0 unspecified atom stereocenters.